The monoisotopic (exact) mass is 371 g/mol. The Morgan fingerprint density at radius 3 is 2.52 bits per heavy atom. The molecule has 0 aromatic heterocycles. The number of benzene rings is 2. The molecular formula is C19H17NO3S2. The molecule has 0 aliphatic carbocycles. The molecule has 0 radical (unpaired) electrons. The SMILES string of the molecule is O=C1C[C@H](C(=O)Oc2ccc(C3SCCS3)cc2)c2ccccc2N1. The van der Waals surface area contributed by atoms with E-state index in [0.717, 1.165) is 5.56 Å². The molecule has 1 saturated heterocycles. The molecule has 0 spiro atoms. The fraction of sp³-hybridized carbons (Fsp3) is 0.263. The number of para-hydroxylation sites is 1. The predicted molar refractivity (Wildman–Crippen MR) is 102 cm³/mol. The summed E-state index contributed by atoms with van der Waals surface area (Å²) in [5.41, 5.74) is 2.74. The summed E-state index contributed by atoms with van der Waals surface area (Å²) in [5.74, 6) is 1.76. The lowest BCUT2D eigenvalue weighted by Crippen LogP contribution is -2.29. The molecule has 4 rings (SSSR count). The molecule has 0 unspecified atom stereocenters. The number of carbonyl (C=O) groups is 2. The zero-order valence-electron chi connectivity index (χ0n) is 13.4. The summed E-state index contributed by atoms with van der Waals surface area (Å²) in [6, 6.07) is 15.1. The summed E-state index contributed by atoms with van der Waals surface area (Å²) >= 11 is 3.88. The van der Waals surface area contributed by atoms with E-state index in [0.29, 0.717) is 16.0 Å². The number of hydrogen-bond donors (Lipinski definition) is 1. The largest absolute Gasteiger partial charge is 0.426 e. The van der Waals surface area contributed by atoms with E-state index in [1.54, 1.807) is 6.07 Å². The smallest absolute Gasteiger partial charge is 0.319 e. The van der Waals surface area contributed by atoms with Crippen LogP contribution in [0.25, 0.3) is 0 Å². The Kier molecular flexibility index (Phi) is 4.72. The van der Waals surface area contributed by atoms with Gasteiger partial charge < -0.3 is 10.1 Å². The minimum Gasteiger partial charge on any atom is -0.426 e. The van der Waals surface area contributed by atoms with Crippen molar-refractivity contribution in [2.45, 2.75) is 16.9 Å². The second-order valence-electron chi connectivity index (χ2n) is 5.96. The second-order valence-corrected chi connectivity index (χ2v) is 8.68. The van der Waals surface area contributed by atoms with Gasteiger partial charge in [0.1, 0.15) is 5.75 Å². The molecule has 25 heavy (non-hydrogen) atoms. The molecule has 2 aliphatic rings. The van der Waals surface area contributed by atoms with E-state index in [4.69, 9.17) is 4.74 Å². The van der Waals surface area contributed by atoms with E-state index < -0.39 is 5.92 Å². The first-order valence-corrected chi connectivity index (χ1v) is 10.2. The number of amides is 1. The van der Waals surface area contributed by atoms with Gasteiger partial charge in [-0.1, -0.05) is 30.3 Å². The van der Waals surface area contributed by atoms with Crippen LogP contribution in [0.15, 0.2) is 48.5 Å². The number of ether oxygens (including phenoxy) is 1. The maximum atomic E-state index is 12.6. The van der Waals surface area contributed by atoms with E-state index in [1.807, 2.05) is 66.0 Å². The maximum absolute atomic E-state index is 12.6. The Balaban J connectivity index is 1.49. The summed E-state index contributed by atoms with van der Waals surface area (Å²) in [6.07, 6.45) is 0.114. The molecular weight excluding hydrogens is 354 g/mol. The predicted octanol–water partition coefficient (Wildman–Crippen LogP) is 4.20. The average molecular weight is 371 g/mol. The fourth-order valence-electron chi connectivity index (χ4n) is 3.05. The molecule has 2 aromatic rings. The van der Waals surface area contributed by atoms with Gasteiger partial charge in [0, 0.05) is 23.6 Å². The lowest BCUT2D eigenvalue weighted by molar-refractivity contribution is -0.138. The number of esters is 1. The Labute approximate surface area is 154 Å². The summed E-state index contributed by atoms with van der Waals surface area (Å²) in [6.45, 7) is 0. The number of nitrogens with one attached hydrogen (secondary N) is 1. The molecule has 0 bridgehead atoms. The third-order valence-corrected chi connectivity index (χ3v) is 7.38. The Morgan fingerprint density at radius 2 is 1.76 bits per heavy atom. The van der Waals surface area contributed by atoms with Crippen LogP contribution in [-0.2, 0) is 9.59 Å². The van der Waals surface area contributed by atoms with Crippen molar-refractivity contribution in [2.75, 3.05) is 16.8 Å². The van der Waals surface area contributed by atoms with Gasteiger partial charge in [-0.2, -0.15) is 0 Å². The zero-order valence-corrected chi connectivity index (χ0v) is 15.1. The van der Waals surface area contributed by atoms with Gasteiger partial charge in [-0.25, -0.2) is 0 Å². The molecule has 4 nitrogen and oxygen atoms in total. The van der Waals surface area contributed by atoms with Gasteiger partial charge in [0.05, 0.1) is 10.5 Å². The molecule has 6 heteroatoms. The van der Waals surface area contributed by atoms with E-state index in [-0.39, 0.29) is 18.3 Å². The Bertz CT molecular complexity index is 801. The second kappa shape index (κ2) is 7.14. The highest BCUT2D eigenvalue weighted by Gasteiger charge is 2.32. The third kappa shape index (κ3) is 3.55. The van der Waals surface area contributed by atoms with Gasteiger partial charge in [0.25, 0.3) is 0 Å². The van der Waals surface area contributed by atoms with Crippen LogP contribution in [0.3, 0.4) is 0 Å². The van der Waals surface area contributed by atoms with Crippen molar-refractivity contribution in [1.29, 1.82) is 0 Å². The summed E-state index contributed by atoms with van der Waals surface area (Å²) < 4.78 is 6.02. The van der Waals surface area contributed by atoms with E-state index in [9.17, 15) is 9.59 Å². The van der Waals surface area contributed by atoms with Gasteiger partial charge in [-0.3, -0.25) is 9.59 Å². The molecule has 1 amide bonds. The van der Waals surface area contributed by atoms with Gasteiger partial charge in [0.15, 0.2) is 0 Å². The van der Waals surface area contributed by atoms with Crippen LogP contribution in [0.4, 0.5) is 5.69 Å². The summed E-state index contributed by atoms with van der Waals surface area (Å²) in [7, 11) is 0. The van der Waals surface area contributed by atoms with Crippen LogP contribution in [0.1, 0.15) is 28.0 Å². The highest BCUT2D eigenvalue weighted by atomic mass is 32.2. The minimum atomic E-state index is -0.564. The van der Waals surface area contributed by atoms with Crippen molar-refractivity contribution < 1.29 is 14.3 Å². The van der Waals surface area contributed by atoms with Gasteiger partial charge in [-0.05, 0) is 29.3 Å². The lowest BCUT2D eigenvalue weighted by Gasteiger charge is -2.24. The molecule has 1 fully saturated rings. The molecule has 128 valence electrons. The summed E-state index contributed by atoms with van der Waals surface area (Å²) in [4.78, 5) is 24.5. The van der Waals surface area contributed by atoms with Gasteiger partial charge in [-0.15, -0.1) is 23.5 Å². The zero-order chi connectivity index (χ0) is 17.2. The fourth-order valence-corrected chi connectivity index (χ4v) is 5.91. The number of fused-ring (bicyclic) bond motifs is 1. The number of carbonyl (C=O) groups excluding carboxylic acids is 2. The molecule has 2 aliphatic heterocycles. The van der Waals surface area contributed by atoms with Gasteiger partial charge >= 0.3 is 5.97 Å². The Morgan fingerprint density at radius 1 is 1.04 bits per heavy atom. The first-order valence-electron chi connectivity index (χ1n) is 8.14. The van der Waals surface area contributed by atoms with Crippen molar-refractivity contribution in [2.24, 2.45) is 0 Å². The van der Waals surface area contributed by atoms with Crippen LogP contribution in [-0.4, -0.2) is 23.4 Å². The molecule has 1 N–H and O–H groups in total. The lowest BCUT2D eigenvalue weighted by atomic mass is 9.91. The molecule has 2 heterocycles. The average Bonchev–Trinajstić information content (AvgIpc) is 3.16. The number of hydrogen-bond acceptors (Lipinski definition) is 5. The highest BCUT2D eigenvalue weighted by Crippen LogP contribution is 2.45. The van der Waals surface area contributed by atoms with Crippen molar-refractivity contribution in [1.82, 2.24) is 0 Å². The van der Waals surface area contributed by atoms with Crippen molar-refractivity contribution in [3.63, 3.8) is 0 Å². The van der Waals surface area contributed by atoms with Crippen LogP contribution < -0.4 is 10.1 Å². The minimum absolute atomic E-state index is 0.114. The van der Waals surface area contributed by atoms with E-state index >= 15 is 0 Å². The first-order chi connectivity index (χ1) is 12.2. The van der Waals surface area contributed by atoms with Crippen molar-refractivity contribution in [3.05, 3.63) is 59.7 Å². The number of rotatable bonds is 3. The number of thioether (sulfide) groups is 2. The van der Waals surface area contributed by atoms with E-state index in [2.05, 4.69) is 5.32 Å². The van der Waals surface area contributed by atoms with Crippen LogP contribution in [0.2, 0.25) is 0 Å². The Hall–Kier alpha value is -1.92. The maximum Gasteiger partial charge on any atom is 0.319 e. The van der Waals surface area contributed by atoms with Crippen LogP contribution >= 0.6 is 23.5 Å². The van der Waals surface area contributed by atoms with Crippen molar-refractivity contribution in [3.8, 4) is 5.75 Å². The highest BCUT2D eigenvalue weighted by molar-refractivity contribution is 8.19. The topological polar surface area (TPSA) is 55.4 Å². The van der Waals surface area contributed by atoms with Gasteiger partial charge in [0.2, 0.25) is 5.91 Å². The molecule has 0 saturated carbocycles. The molecule has 2 aromatic carbocycles. The van der Waals surface area contributed by atoms with E-state index in [1.165, 1.54) is 17.1 Å². The quantitative estimate of drug-likeness (QED) is 0.647. The van der Waals surface area contributed by atoms with Crippen molar-refractivity contribution >= 4 is 41.1 Å². The third-order valence-electron chi connectivity index (χ3n) is 4.28. The summed E-state index contributed by atoms with van der Waals surface area (Å²) in [5, 5.41) is 2.80. The standard InChI is InChI=1S/C19H17NO3S2/c21-17-11-15(14-3-1-2-4-16(14)20-17)18(22)23-13-7-5-12(6-8-13)19-24-9-10-25-19/h1-8,15,19H,9-11H2,(H,20,21)/t15-/m0/s1. The molecule has 1 atom stereocenters. The first kappa shape index (κ1) is 16.5. The normalized spacial score (nSPS) is 20.0. The van der Waals surface area contributed by atoms with Crippen LogP contribution in [0, 0.1) is 0 Å². The van der Waals surface area contributed by atoms with Crippen LogP contribution in [0.5, 0.6) is 5.75 Å². The number of anilines is 1.